The molecule has 0 aliphatic carbocycles. The van der Waals surface area contributed by atoms with E-state index >= 15 is 0 Å². The van der Waals surface area contributed by atoms with Crippen molar-refractivity contribution in [2.45, 2.75) is 31.1 Å². The summed E-state index contributed by atoms with van der Waals surface area (Å²) in [4.78, 5) is 0. The van der Waals surface area contributed by atoms with E-state index in [1.165, 1.54) is 18.6 Å². The monoisotopic (exact) mass is 309 g/mol. The van der Waals surface area contributed by atoms with Gasteiger partial charge in [-0.25, -0.2) is 0 Å². The Morgan fingerprint density at radius 1 is 1.57 bits per heavy atom. The van der Waals surface area contributed by atoms with Crippen molar-refractivity contribution in [1.29, 1.82) is 0 Å². The Bertz CT molecular complexity index is 514. The molecule has 6 heteroatoms. The Morgan fingerprint density at radius 2 is 2.38 bits per heavy atom. The summed E-state index contributed by atoms with van der Waals surface area (Å²) in [7, 11) is 1.57. The maximum Gasteiger partial charge on any atom is 0.173 e. The maximum atomic E-state index is 8.84. The summed E-state index contributed by atoms with van der Waals surface area (Å²) in [5, 5.41) is 15.4. The van der Waals surface area contributed by atoms with Gasteiger partial charge in [-0.15, -0.1) is 0 Å². The zero-order chi connectivity index (χ0) is 15.3. The molecule has 0 spiro atoms. The van der Waals surface area contributed by atoms with Gasteiger partial charge in [0.25, 0.3) is 0 Å². The standard InChI is InChI=1S/C15H23N3O2S/c1-15(6-3-7-21-15)10-17-9-11-4-5-13(20-2)12(8-11)14(16)18-19/h4-5,8,17,19H,3,6-7,9-10H2,1-2H3,(H2,16,18). The smallest absolute Gasteiger partial charge is 0.173 e. The van der Waals surface area contributed by atoms with Gasteiger partial charge in [0.15, 0.2) is 5.84 Å². The average Bonchev–Trinajstić information content (AvgIpc) is 2.93. The molecule has 0 amide bonds. The van der Waals surface area contributed by atoms with E-state index in [0.29, 0.717) is 16.1 Å². The van der Waals surface area contributed by atoms with Gasteiger partial charge in [-0.2, -0.15) is 11.8 Å². The van der Waals surface area contributed by atoms with Crippen molar-refractivity contribution in [3.63, 3.8) is 0 Å². The van der Waals surface area contributed by atoms with Crippen LogP contribution in [0.3, 0.4) is 0 Å². The molecule has 1 fully saturated rings. The van der Waals surface area contributed by atoms with Gasteiger partial charge < -0.3 is 21.0 Å². The molecular formula is C15H23N3O2S. The number of ether oxygens (including phenoxy) is 1. The predicted octanol–water partition coefficient (Wildman–Crippen LogP) is 2.17. The molecule has 1 aliphatic rings. The molecule has 1 aromatic rings. The summed E-state index contributed by atoms with van der Waals surface area (Å²) < 4.78 is 5.58. The highest BCUT2D eigenvalue weighted by atomic mass is 32.2. The van der Waals surface area contributed by atoms with E-state index in [4.69, 9.17) is 15.7 Å². The minimum Gasteiger partial charge on any atom is -0.496 e. The van der Waals surface area contributed by atoms with Crippen molar-refractivity contribution < 1.29 is 9.94 Å². The van der Waals surface area contributed by atoms with E-state index in [0.717, 1.165) is 18.7 Å². The van der Waals surface area contributed by atoms with Crippen molar-refractivity contribution in [2.75, 3.05) is 19.4 Å². The van der Waals surface area contributed by atoms with Gasteiger partial charge in [-0.1, -0.05) is 11.2 Å². The Labute approximate surface area is 129 Å². The number of nitrogens with one attached hydrogen (secondary N) is 1. The van der Waals surface area contributed by atoms with E-state index in [-0.39, 0.29) is 5.84 Å². The molecule has 2 rings (SSSR count). The molecule has 21 heavy (non-hydrogen) atoms. The second-order valence-corrected chi connectivity index (χ2v) is 7.21. The van der Waals surface area contributed by atoms with Gasteiger partial charge in [-0.05, 0) is 43.2 Å². The van der Waals surface area contributed by atoms with E-state index in [2.05, 4.69) is 17.4 Å². The van der Waals surface area contributed by atoms with E-state index in [1.54, 1.807) is 7.11 Å². The molecule has 1 unspecified atom stereocenters. The highest BCUT2D eigenvalue weighted by Gasteiger charge is 2.28. The highest BCUT2D eigenvalue weighted by molar-refractivity contribution is 8.00. The fourth-order valence-corrected chi connectivity index (χ4v) is 3.84. The average molecular weight is 309 g/mol. The lowest BCUT2D eigenvalue weighted by Crippen LogP contribution is -2.32. The number of thioether (sulfide) groups is 1. The van der Waals surface area contributed by atoms with Gasteiger partial charge in [-0.3, -0.25) is 0 Å². The lowest BCUT2D eigenvalue weighted by Gasteiger charge is -2.23. The number of nitrogens with zero attached hydrogens (tertiary/aromatic N) is 1. The number of benzene rings is 1. The topological polar surface area (TPSA) is 79.9 Å². The Hall–Kier alpha value is -1.40. The Balaban J connectivity index is 2.00. The van der Waals surface area contributed by atoms with Crippen molar-refractivity contribution in [1.82, 2.24) is 5.32 Å². The number of methoxy groups -OCH3 is 1. The van der Waals surface area contributed by atoms with Crippen molar-refractivity contribution in [3.8, 4) is 5.75 Å². The van der Waals surface area contributed by atoms with Crippen LogP contribution >= 0.6 is 11.8 Å². The van der Waals surface area contributed by atoms with Gasteiger partial charge in [0.1, 0.15) is 5.75 Å². The summed E-state index contributed by atoms with van der Waals surface area (Å²) in [6.07, 6.45) is 2.57. The third kappa shape index (κ3) is 4.04. The van der Waals surface area contributed by atoms with Crippen molar-refractivity contribution >= 4 is 17.6 Å². The lowest BCUT2D eigenvalue weighted by molar-refractivity contribution is 0.318. The molecule has 0 aromatic heterocycles. The first-order chi connectivity index (χ1) is 10.1. The van der Waals surface area contributed by atoms with Crippen molar-refractivity contribution in [2.24, 2.45) is 10.9 Å². The summed E-state index contributed by atoms with van der Waals surface area (Å²) in [6, 6.07) is 5.73. The molecule has 1 saturated heterocycles. The van der Waals surface area contributed by atoms with E-state index in [9.17, 15) is 0 Å². The molecule has 1 aromatic carbocycles. The molecule has 4 N–H and O–H groups in total. The van der Waals surface area contributed by atoms with Crippen LogP contribution in [0.4, 0.5) is 0 Å². The fourth-order valence-electron chi connectivity index (χ4n) is 2.57. The quantitative estimate of drug-likeness (QED) is 0.325. The Kier molecular flexibility index (Phi) is 5.36. The fraction of sp³-hybridized carbons (Fsp3) is 0.533. The minimum atomic E-state index is 0.0620. The zero-order valence-electron chi connectivity index (χ0n) is 12.6. The van der Waals surface area contributed by atoms with Gasteiger partial charge in [0.2, 0.25) is 0 Å². The van der Waals surface area contributed by atoms with Gasteiger partial charge >= 0.3 is 0 Å². The van der Waals surface area contributed by atoms with Gasteiger partial charge in [0.05, 0.1) is 12.7 Å². The number of oxime groups is 1. The number of amidine groups is 1. The maximum absolute atomic E-state index is 8.84. The first-order valence-corrected chi connectivity index (χ1v) is 8.06. The zero-order valence-corrected chi connectivity index (χ0v) is 13.4. The molecule has 0 saturated carbocycles. The minimum absolute atomic E-state index is 0.0620. The number of nitrogens with two attached hydrogens (primary N) is 1. The summed E-state index contributed by atoms with van der Waals surface area (Å²) in [5.41, 5.74) is 7.38. The first kappa shape index (κ1) is 16.0. The number of hydrogen-bond acceptors (Lipinski definition) is 5. The number of rotatable bonds is 6. The molecule has 0 radical (unpaired) electrons. The van der Waals surface area contributed by atoms with Crippen LogP contribution in [0.15, 0.2) is 23.4 Å². The van der Waals surface area contributed by atoms with Crippen LogP contribution < -0.4 is 15.8 Å². The third-order valence-electron chi connectivity index (χ3n) is 3.78. The highest BCUT2D eigenvalue weighted by Crippen LogP contribution is 2.37. The van der Waals surface area contributed by atoms with Crippen LogP contribution in [0.5, 0.6) is 5.75 Å². The molecule has 0 bridgehead atoms. The lowest BCUT2D eigenvalue weighted by atomic mass is 10.1. The van der Waals surface area contributed by atoms with Crippen LogP contribution in [-0.4, -0.2) is 35.2 Å². The molecule has 1 heterocycles. The molecule has 1 aliphatic heterocycles. The third-order valence-corrected chi connectivity index (χ3v) is 5.31. The largest absolute Gasteiger partial charge is 0.496 e. The summed E-state index contributed by atoms with van der Waals surface area (Å²) in [6.45, 7) is 4.06. The molecule has 116 valence electrons. The van der Waals surface area contributed by atoms with Crippen LogP contribution in [0.25, 0.3) is 0 Å². The second kappa shape index (κ2) is 7.04. The van der Waals surface area contributed by atoms with E-state index in [1.807, 2.05) is 30.0 Å². The molecule has 1 atom stereocenters. The van der Waals surface area contributed by atoms with Crippen LogP contribution in [-0.2, 0) is 6.54 Å². The second-order valence-electron chi connectivity index (χ2n) is 5.53. The summed E-state index contributed by atoms with van der Waals surface area (Å²) in [5.74, 6) is 1.92. The summed E-state index contributed by atoms with van der Waals surface area (Å²) >= 11 is 2.04. The Morgan fingerprint density at radius 3 is 3.00 bits per heavy atom. The van der Waals surface area contributed by atoms with E-state index < -0.39 is 0 Å². The SMILES string of the molecule is COc1ccc(CNCC2(C)CCCS2)cc1/C(N)=N/O. The van der Waals surface area contributed by atoms with Crippen molar-refractivity contribution in [3.05, 3.63) is 29.3 Å². The number of hydrogen-bond donors (Lipinski definition) is 3. The van der Waals surface area contributed by atoms with Gasteiger partial charge in [0, 0.05) is 17.8 Å². The van der Waals surface area contributed by atoms with Crippen LogP contribution in [0, 0.1) is 0 Å². The molecular weight excluding hydrogens is 286 g/mol. The van der Waals surface area contributed by atoms with Crippen LogP contribution in [0.1, 0.15) is 30.9 Å². The predicted molar refractivity (Wildman–Crippen MR) is 87.3 cm³/mol. The first-order valence-electron chi connectivity index (χ1n) is 7.07. The molecule has 5 nitrogen and oxygen atoms in total. The normalized spacial score (nSPS) is 22.5. The van der Waals surface area contributed by atoms with Crippen LogP contribution in [0.2, 0.25) is 0 Å².